The normalized spacial score (nSPS) is 25.8. The van der Waals surface area contributed by atoms with Crippen molar-refractivity contribution < 1.29 is 4.79 Å². The zero-order chi connectivity index (χ0) is 14.7. The van der Waals surface area contributed by atoms with Gasteiger partial charge >= 0.3 is 0 Å². The van der Waals surface area contributed by atoms with Crippen LogP contribution in [-0.2, 0) is 4.79 Å². The molecule has 116 valence electrons. The van der Waals surface area contributed by atoms with E-state index >= 15 is 0 Å². The second-order valence-electron chi connectivity index (χ2n) is 6.68. The number of rotatable bonds is 3. The van der Waals surface area contributed by atoms with Crippen LogP contribution in [0.3, 0.4) is 0 Å². The van der Waals surface area contributed by atoms with Crippen molar-refractivity contribution in [1.29, 1.82) is 0 Å². The summed E-state index contributed by atoms with van der Waals surface area (Å²) in [5.74, 6) is 0.309. The van der Waals surface area contributed by atoms with Gasteiger partial charge in [0.05, 0.1) is 11.5 Å². The molecular formula is C17H27N3O. The van der Waals surface area contributed by atoms with Crippen LogP contribution < -0.4 is 5.73 Å². The van der Waals surface area contributed by atoms with Gasteiger partial charge in [0.1, 0.15) is 0 Å². The molecule has 1 saturated carbocycles. The summed E-state index contributed by atoms with van der Waals surface area (Å²) >= 11 is 0. The van der Waals surface area contributed by atoms with E-state index in [1.165, 1.54) is 18.5 Å². The van der Waals surface area contributed by atoms with Crippen LogP contribution in [0.2, 0.25) is 0 Å². The lowest BCUT2D eigenvalue weighted by atomic mass is 9.78. The molecule has 1 aliphatic heterocycles. The first-order valence-electron chi connectivity index (χ1n) is 8.41. The van der Waals surface area contributed by atoms with E-state index in [-0.39, 0.29) is 11.5 Å². The first kappa shape index (κ1) is 14.6. The summed E-state index contributed by atoms with van der Waals surface area (Å²) < 4.78 is 0. The fraction of sp³-hybridized carbons (Fsp3) is 0.706. The van der Waals surface area contributed by atoms with Gasteiger partial charge < -0.3 is 15.6 Å². The number of carbonyl (C=O) groups excluding carboxylic acids is 1. The van der Waals surface area contributed by atoms with Crippen molar-refractivity contribution in [2.75, 3.05) is 13.1 Å². The third kappa shape index (κ3) is 2.73. The van der Waals surface area contributed by atoms with Crippen molar-refractivity contribution >= 4 is 5.91 Å². The number of likely N-dealkylation sites (tertiary alicyclic amines) is 1. The number of carbonyl (C=O) groups is 1. The fourth-order valence-corrected chi connectivity index (χ4v) is 4.10. The van der Waals surface area contributed by atoms with Gasteiger partial charge in [0, 0.05) is 25.0 Å². The molecule has 1 unspecified atom stereocenters. The molecule has 1 aliphatic carbocycles. The molecule has 3 N–H and O–H groups in total. The summed E-state index contributed by atoms with van der Waals surface area (Å²) in [7, 11) is 0. The minimum absolute atomic E-state index is 0.221. The molecule has 1 amide bonds. The highest BCUT2D eigenvalue weighted by Gasteiger charge is 2.43. The van der Waals surface area contributed by atoms with Crippen LogP contribution in [-0.4, -0.2) is 28.9 Å². The first-order valence-corrected chi connectivity index (χ1v) is 8.41. The van der Waals surface area contributed by atoms with Crippen LogP contribution in [0.4, 0.5) is 0 Å². The molecule has 1 aromatic rings. The first-order chi connectivity index (χ1) is 10.3. The summed E-state index contributed by atoms with van der Waals surface area (Å²) in [5, 5.41) is 0. The molecule has 1 aromatic heterocycles. The number of nitrogens with zero attached hydrogens (tertiary/aromatic N) is 1. The van der Waals surface area contributed by atoms with E-state index in [2.05, 4.69) is 16.0 Å². The minimum atomic E-state index is -0.300. The van der Waals surface area contributed by atoms with Crippen LogP contribution in [0.1, 0.15) is 63.1 Å². The predicted molar refractivity (Wildman–Crippen MR) is 83.7 cm³/mol. The van der Waals surface area contributed by atoms with Crippen LogP contribution in [0.5, 0.6) is 0 Å². The van der Waals surface area contributed by atoms with Crippen molar-refractivity contribution in [3.05, 3.63) is 24.0 Å². The monoisotopic (exact) mass is 289 g/mol. The Balaban J connectivity index is 1.82. The van der Waals surface area contributed by atoms with Gasteiger partial charge in [-0.05, 0) is 37.8 Å². The highest BCUT2D eigenvalue weighted by molar-refractivity contribution is 5.83. The predicted octanol–water partition coefficient (Wildman–Crippen LogP) is 2.98. The summed E-state index contributed by atoms with van der Waals surface area (Å²) in [5.41, 5.74) is 6.95. The molecule has 2 aliphatic rings. The lowest BCUT2D eigenvalue weighted by Crippen LogP contribution is -2.47. The Hall–Kier alpha value is -1.29. The third-order valence-electron chi connectivity index (χ3n) is 5.40. The van der Waals surface area contributed by atoms with Gasteiger partial charge in [-0.2, -0.15) is 0 Å². The maximum Gasteiger partial charge on any atom is 0.230 e. The molecule has 0 bridgehead atoms. The smallest absolute Gasteiger partial charge is 0.230 e. The lowest BCUT2D eigenvalue weighted by molar-refractivity contribution is -0.143. The summed E-state index contributed by atoms with van der Waals surface area (Å²) in [6, 6.07) is 4.33. The van der Waals surface area contributed by atoms with E-state index in [0.29, 0.717) is 12.5 Å². The Morgan fingerprint density at radius 3 is 2.67 bits per heavy atom. The molecule has 4 heteroatoms. The Kier molecular flexibility index (Phi) is 4.34. The molecule has 2 heterocycles. The quantitative estimate of drug-likeness (QED) is 0.840. The van der Waals surface area contributed by atoms with Crippen LogP contribution in [0, 0.1) is 5.41 Å². The number of nitrogens with one attached hydrogen (secondary N) is 1. The molecule has 21 heavy (non-hydrogen) atoms. The average Bonchev–Trinajstić information content (AvgIpc) is 3.13. The molecule has 1 saturated heterocycles. The Bertz CT molecular complexity index is 460. The molecular weight excluding hydrogens is 262 g/mol. The molecule has 1 atom stereocenters. The SMILES string of the molecule is NCC1(C(=O)N2CCCC2c2ccc[nH]2)CCCCCC1. The Morgan fingerprint density at radius 1 is 1.29 bits per heavy atom. The average molecular weight is 289 g/mol. The van der Waals surface area contributed by atoms with Gasteiger partial charge in [-0.15, -0.1) is 0 Å². The van der Waals surface area contributed by atoms with Gasteiger partial charge in [0.15, 0.2) is 0 Å². The number of aromatic amines is 1. The topological polar surface area (TPSA) is 62.1 Å². The van der Waals surface area contributed by atoms with Gasteiger partial charge in [-0.1, -0.05) is 25.7 Å². The van der Waals surface area contributed by atoms with Crippen molar-refractivity contribution in [3.63, 3.8) is 0 Å². The number of hydrogen-bond donors (Lipinski definition) is 2. The zero-order valence-electron chi connectivity index (χ0n) is 12.8. The van der Waals surface area contributed by atoms with Crippen molar-refractivity contribution in [1.82, 2.24) is 9.88 Å². The lowest BCUT2D eigenvalue weighted by Gasteiger charge is -2.36. The second-order valence-corrected chi connectivity index (χ2v) is 6.68. The fourth-order valence-electron chi connectivity index (χ4n) is 4.10. The van der Waals surface area contributed by atoms with E-state index in [9.17, 15) is 4.79 Å². The third-order valence-corrected chi connectivity index (χ3v) is 5.40. The summed E-state index contributed by atoms with van der Waals surface area (Å²) in [6.07, 6.45) is 10.8. The van der Waals surface area contributed by atoms with Crippen molar-refractivity contribution in [2.45, 2.75) is 57.4 Å². The van der Waals surface area contributed by atoms with Gasteiger partial charge in [0.25, 0.3) is 0 Å². The van der Waals surface area contributed by atoms with Crippen LogP contribution in [0.15, 0.2) is 18.3 Å². The molecule has 3 rings (SSSR count). The zero-order valence-corrected chi connectivity index (χ0v) is 12.8. The van der Waals surface area contributed by atoms with Gasteiger partial charge in [-0.3, -0.25) is 4.79 Å². The molecule has 0 radical (unpaired) electrons. The minimum Gasteiger partial charge on any atom is -0.363 e. The van der Waals surface area contributed by atoms with E-state index in [1.807, 2.05) is 12.3 Å². The van der Waals surface area contributed by atoms with Gasteiger partial charge in [-0.25, -0.2) is 0 Å². The second kappa shape index (κ2) is 6.22. The van der Waals surface area contributed by atoms with E-state index in [0.717, 1.165) is 45.1 Å². The molecule has 0 spiro atoms. The number of nitrogens with two attached hydrogens (primary N) is 1. The van der Waals surface area contributed by atoms with Crippen molar-refractivity contribution in [2.24, 2.45) is 11.1 Å². The summed E-state index contributed by atoms with van der Waals surface area (Å²) in [4.78, 5) is 18.6. The van der Waals surface area contributed by atoms with Crippen LogP contribution >= 0.6 is 0 Å². The van der Waals surface area contributed by atoms with Crippen LogP contribution in [0.25, 0.3) is 0 Å². The maximum absolute atomic E-state index is 13.2. The molecule has 2 fully saturated rings. The van der Waals surface area contributed by atoms with E-state index < -0.39 is 0 Å². The number of aromatic nitrogens is 1. The highest BCUT2D eigenvalue weighted by Crippen LogP contribution is 2.40. The van der Waals surface area contributed by atoms with Gasteiger partial charge in [0.2, 0.25) is 5.91 Å². The van der Waals surface area contributed by atoms with Crippen molar-refractivity contribution in [3.8, 4) is 0 Å². The number of amides is 1. The van der Waals surface area contributed by atoms with E-state index in [1.54, 1.807) is 0 Å². The number of hydrogen-bond acceptors (Lipinski definition) is 2. The molecule has 4 nitrogen and oxygen atoms in total. The summed E-state index contributed by atoms with van der Waals surface area (Å²) in [6.45, 7) is 1.38. The standard InChI is InChI=1S/C17H27N3O/c18-13-17(9-3-1-2-4-10-17)16(21)20-12-6-8-15(20)14-7-5-11-19-14/h5,7,11,15,19H,1-4,6,8-10,12-13,18H2. The number of H-pyrrole nitrogens is 1. The Labute approximate surface area is 127 Å². The molecule has 0 aromatic carbocycles. The largest absolute Gasteiger partial charge is 0.363 e. The maximum atomic E-state index is 13.2. The van der Waals surface area contributed by atoms with E-state index in [4.69, 9.17) is 5.73 Å². The highest BCUT2D eigenvalue weighted by atomic mass is 16.2. The Morgan fingerprint density at radius 2 is 2.05 bits per heavy atom.